The topological polar surface area (TPSA) is 20.2 Å². The minimum Gasteiger partial charge on any atom is -0.388 e. The fourth-order valence-corrected chi connectivity index (χ4v) is 2.17. The Hall–Kier alpha value is -0.410. The molecule has 1 aliphatic carbocycles. The highest BCUT2D eigenvalue weighted by molar-refractivity contribution is 9.10. The molecular weight excluding hydrogens is 223 g/mol. The summed E-state index contributed by atoms with van der Waals surface area (Å²) >= 11 is 3.17. The summed E-state index contributed by atoms with van der Waals surface area (Å²) in [6.07, 6.45) is 1.06. The molecule has 0 aliphatic heterocycles. The molecule has 1 N–H and O–H groups in total. The molecule has 12 heavy (non-hydrogen) atoms. The van der Waals surface area contributed by atoms with Gasteiger partial charge in [0.05, 0.1) is 10.6 Å². The molecule has 0 aromatic heterocycles. The number of benzene rings is 1. The Morgan fingerprint density at radius 2 is 2.25 bits per heavy atom. The standard InChI is InChI=1S/C9H8BrFO/c10-9-6-2-4-8(12)5(6)1-3-7(9)11/h1,3,8,12H,2,4H2. The van der Waals surface area contributed by atoms with E-state index in [0.29, 0.717) is 10.9 Å². The summed E-state index contributed by atoms with van der Waals surface area (Å²) in [6.45, 7) is 0. The van der Waals surface area contributed by atoms with Crippen molar-refractivity contribution in [3.05, 3.63) is 33.5 Å². The molecule has 1 aliphatic rings. The van der Waals surface area contributed by atoms with Crippen molar-refractivity contribution in [3.8, 4) is 0 Å². The molecular formula is C9H8BrFO. The van der Waals surface area contributed by atoms with Crippen LogP contribution in [0.1, 0.15) is 23.7 Å². The molecule has 1 unspecified atom stereocenters. The first-order valence-electron chi connectivity index (χ1n) is 3.85. The molecule has 1 aromatic rings. The summed E-state index contributed by atoms with van der Waals surface area (Å²) in [7, 11) is 0. The van der Waals surface area contributed by atoms with Crippen LogP contribution in [-0.4, -0.2) is 5.11 Å². The lowest BCUT2D eigenvalue weighted by molar-refractivity contribution is 0.180. The first-order valence-corrected chi connectivity index (χ1v) is 4.64. The highest BCUT2D eigenvalue weighted by Crippen LogP contribution is 2.36. The molecule has 1 nitrogen and oxygen atoms in total. The predicted octanol–water partition coefficient (Wildman–Crippen LogP) is 2.57. The molecule has 0 bridgehead atoms. The van der Waals surface area contributed by atoms with Crippen LogP contribution < -0.4 is 0 Å². The van der Waals surface area contributed by atoms with E-state index in [-0.39, 0.29) is 5.82 Å². The molecule has 0 spiro atoms. The maximum Gasteiger partial charge on any atom is 0.137 e. The average Bonchev–Trinajstić information content (AvgIpc) is 2.41. The summed E-state index contributed by atoms with van der Waals surface area (Å²) in [4.78, 5) is 0. The number of aliphatic hydroxyl groups is 1. The van der Waals surface area contributed by atoms with Crippen molar-refractivity contribution in [3.63, 3.8) is 0 Å². The van der Waals surface area contributed by atoms with Gasteiger partial charge in [-0.15, -0.1) is 0 Å². The lowest BCUT2D eigenvalue weighted by atomic mass is 10.1. The van der Waals surface area contributed by atoms with Crippen LogP contribution in [0.3, 0.4) is 0 Å². The minimum atomic E-state index is -0.406. The van der Waals surface area contributed by atoms with Crippen LogP contribution in [0.15, 0.2) is 16.6 Å². The van der Waals surface area contributed by atoms with Gasteiger partial charge in [-0.25, -0.2) is 4.39 Å². The Labute approximate surface area is 78.3 Å². The third-order valence-electron chi connectivity index (χ3n) is 2.26. The Balaban J connectivity index is 2.60. The van der Waals surface area contributed by atoms with Gasteiger partial charge < -0.3 is 5.11 Å². The first-order chi connectivity index (χ1) is 5.70. The lowest BCUT2D eigenvalue weighted by Gasteiger charge is -2.04. The maximum atomic E-state index is 13.0. The minimum absolute atomic E-state index is 0.247. The molecule has 0 fully saturated rings. The Morgan fingerprint density at radius 3 is 3.00 bits per heavy atom. The number of rotatable bonds is 0. The number of fused-ring (bicyclic) bond motifs is 1. The van der Waals surface area contributed by atoms with Crippen LogP contribution in [0.5, 0.6) is 0 Å². The summed E-state index contributed by atoms with van der Waals surface area (Å²) < 4.78 is 13.5. The normalized spacial score (nSPS) is 21.1. The molecule has 2 rings (SSSR count). The van der Waals surface area contributed by atoms with Gasteiger partial charge in [-0.1, -0.05) is 6.07 Å². The van der Waals surface area contributed by atoms with Gasteiger partial charge in [0.1, 0.15) is 5.82 Å². The van der Waals surface area contributed by atoms with E-state index in [2.05, 4.69) is 15.9 Å². The Bertz CT molecular complexity index is 325. The predicted molar refractivity (Wildman–Crippen MR) is 47.4 cm³/mol. The molecule has 0 heterocycles. The highest BCUT2D eigenvalue weighted by Gasteiger charge is 2.23. The molecule has 0 saturated heterocycles. The first kappa shape index (κ1) is 8.20. The second kappa shape index (κ2) is 2.82. The third kappa shape index (κ3) is 1.08. The van der Waals surface area contributed by atoms with Crippen LogP contribution in [0.25, 0.3) is 0 Å². The van der Waals surface area contributed by atoms with E-state index < -0.39 is 6.10 Å². The number of hydrogen-bond donors (Lipinski definition) is 1. The van der Waals surface area contributed by atoms with E-state index >= 15 is 0 Å². The van der Waals surface area contributed by atoms with Crippen molar-refractivity contribution in [1.82, 2.24) is 0 Å². The van der Waals surface area contributed by atoms with Crippen LogP contribution in [0.2, 0.25) is 0 Å². The Kier molecular flexibility index (Phi) is 1.93. The second-order valence-electron chi connectivity index (χ2n) is 2.98. The lowest BCUT2D eigenvalue weighted by Crippen LogP contribution is -1.91. The average molecular weight is 231 g/mol. The molecule has 1 aromatic carbocycles. The van der Waals surface area contributed by atoms with Gasteiger partial charge in [0.15, 0.2) is 0 Å². The monoisotopic (exact) mass is 230 g/mol. The van der Waals surface area contributed by atoms with Gasteiger partial charge in [0.2, 0.25) is 0 Å². The van der Waals surface area contributed by atoms with Crippen molar-refractivity contribution >= 4 is 15.9 Å². The SMILES string of the molecule is OC1CCc2c1ccc(F)c2Br. The smallest absolute Gasteiger partial charge is 0.137 e. The molecule has 64 valence electrons. The van der Waals surface area contributed by atoms with Gasteiger partial charge >= 0.3 is 0 Å². The zero-order chi connectivity index (χ0) is 8.72. The van der Waals surface area contributed by atoms with Gasteiger partial charge in [-0.05, 0) is 46.0 Å². The van der Waals surface area contributed by atoms with Gasteiger partial charge in [-0.2, -0.15) is 0 Å². The summed E-state index contributed by atoms with van der Waals surface area (Å²) in [5.41, 5.74) is 1.78. The summed E-state index contributed by atoms with van der Waals surface area (Å²) in [5, 5.41) is 9.45. The van der Waals surface area contributed by atoms with E-state index in [1.54, 1.807) is 6.07 Å². The number of hydrogen-bond acceptors (Lipinski definition) is 1. The zero-order valence-electron chi connectivity index (χ0n) is 6.35. The number of halogens is 2. The van der Waals surface area contributed by atoms with Crippen LogP contribution in [0.4, 0.5) is 4.39 Å². The molecule has 1 atom stereocenters. The van der Waals surface area contributed by atoms with Crippen molar-refractivity contribution in [2.24, 2.45) is 0 Å². The van der Waals surface area contributed by atoms with Crippen LogP contribution in [0, 0.1) is 5.82 Å². The van der Waals surface area contributed by atoms with Crippen molar-refractivity contribution < 1.29 is 9.50 Å². The maximum absolute atomic E-state index is 13.0. The molecule has 0 saturated carbocycles. The van der Waals surface area contributed by atoms with Crippen molar-refractivity contribution in [2.75, 3.05) is 0 Å². The van der Waals surface area contributed by atoms with Crippen molar-refractivity contribution in [2.45, 2.75) is 18.9 Å². The van der Waals surface area contributed by atoms with Gasteiger partial charge in [0.25, 0.3) is 0 Å². The zero-order valence-corrected chi connectivity index (χ0v) is 7.94. The molecule has 0 radical (unpaired) electrons. The fourth-order valence-electron chi connectivity index (χ4n) is 1.61. The molecule has 0 amide bonds. The number of aliphatic hydroxyl groups excluding tert-OH is 1. The quantitative estimate of drug-likeness (QED) is 0.727. The summed E-state index contributed by atoms with van der Waals surface area (Å²) in [5.74, 6) is -0.247. The van der Waals surface area contributed by atoms with Crippen LogP contribution >= 0.6 is 15.9 Å². The largest absolute Gasteiger partial charge is 0.388 e. The van der Waals surface area contributed by atoms with E-state index in [0.717, 1.165) is 17.5 Å². The van der Waals surface area contributed by atoms with Crippen molar-refractivity contribution in [1.29, 1.82) is 0 Å². The van der Waals surface area contributed by atoms with Gasteiger partial charge in [0, 0.05) is 0 Å². The molecule has 3 heteroatoms. The second-order valence-corrected chi connectivity index (χ2v) is 3.78. The van der Waals surface area contributed by atoms with E-state index in [1.165, 1.54) is 6.07 Å². The van der Waals surface area contributed by atoms with Gasteiger partial charge in [-0.3, -0.25) is 0 Å². The highest BCUT2D eigenvalue weighted by atomic mass is 79.9. The van der Waals surface area contributed by atoms with Crippen LogP contribution in [-0.2, 0) is 6.42 Å². The summed E-state index contributed by atoms with van der Waals surface area (Å²) in [6, 6.07) is 3.05. The van der Waals surface area contributed by atoms with E-state index in [4.69, 9.17) is 0 Å². The van der Waals surface area contributed by atoms with E-state index in [9.17, 15) is 9.50 Å². The Morgan fingerprint density at radius 1 is 1.50 bits per heavy atom. The third-order valence-corrected chi connectivity index (χ3v) is 3.12. The van der Waals surface area contributed by atoms with E-state index in [1.807, 2.05) is 0 Å². The fraction of sp³-hybridized carbons (Fsp3) is 0.333.